The van der Waals surface area contributed by atoms with Crippen molar-refractivity contribution in [3.8, 4) is 0 Å². The Kier molecular flexibility index (Phi) is 4.34. The Hall–Kier alpha value is -1.14. The maximum atomic E-state index is 11.0. The molecule has 6 heteroatoms. The molecular formula is C14H20BrN3O2. The summed E-state index contributed by atoms with van der Waals surface area (Å²) in [4.78, 5) is 15.3. The third-order valence-electron chi connectivity index (χ3n) is 4.09. The van der Waals surface area contributed by atoms with Crippen molar-refractivity contribution >= 4 is 27.3 Å². The van der Waals surface area contributed by atoms with E-state index in [1.165, 1.54) is 0 Å². The quantitative estimate of drug-likeness (QED) is 0.481. The largest absolute Gasteiger partial charge is 0.368 e. The lowest BCUT2D eigenvalue weighted by molar-refractivity contribution is -0.385. The molecule has 1 aromatic carbocycles. The van der Waals surface area contributed by atoms with Crippen LogP contribution in [0.1, 0.15) is 19.4 Å². The van der Waals surface area contributed by atoms with Crippen LogP contribution in [-0.4, -0.2) is 42.0 Å². The Labute approximate surface area is 127 Å². The molecule has 0 atom stereocenters. The van der Waals surface area contributed by atoms with Gasteiger partial charge in [0.05, 0.1) is 4.92 Å². The molecule has 5 nitrogen and oxygen atoms in total. The average Bonchev–Trinajstić information content (AvgIpc) is 2.40. The summed E-state index contributed by atoms with van der Waals surface area (Å²) in [5, 5.41) is 11.5. The van der Waals surface area contributed by atoms with Crippen LogP contribution < -0.4 is 4.90 Å². The van der Waals surface area contributed by atoms with E-state index < -0.39 is 0 Å². The molecule has 110 valence electrons. The standard InChI is InChI=1S/C14H20BrN3O2/c1-14(2)10-17(7-6-16(14)3)12-4-5-13(18(19)20)11(8-12)9-15/h4-5,8H,6-7,9-10H2,1-3H3. The zero-order valence-corrected chi connectivity index (χ0v) is 13.7. The number of benzene rings is 1. The highest BCUT2D eigenvalue weighted by Crippen LogP contribution is 2.29. The molecule has 0 spiro atoms. The topological polar surface area (TPSA) is 49.6 Å². The molecule has 0 aliphatic carbocycles. The number of nitro groups is 1. The molecule has 2 rings (SSSR count). The molecule has 1 fully saturated rings. The third kappa shape index (κ3) is 2.96. The molecule has 1 heterocycles. The Balaban J connectivity index is 2.28. The third-order valence-corrected chi connectivity index (χ3v) is 4.69. The second-order valence-electron chi connectivity index (χ2n) is 5.86. The molecule has 0 amide bonds. The van der Waals surface area contributed by atoms with E-state index >= 15 is 0 Å². The number of nitrogens with zero attached hydrogens (tertiary/aromatic N) is 3. The SMILES string of the molecule is CN1CCN(c2ccc([N+](=O)[O-])c(CBr)c2)CC1(C)C. The zero-order valence-electron chi connectivity index (χ0n) is 12.1. The Morgan fingerprint density at radius 3 is 2.65 bits per heavy atom. The molecule has 0 N–H and O–H groups in total. The molecule has 0 aromatic heterocycles. The van der Waals surface area contributed by atoms with E-state index in [1.54, 1.807) is 6.07 Å². The molecule has 1 aliphatic heterocycles. The van der Waals surface area contributed by atoms with Gasteiger partial charge in [-0.2, -0.15) is 0 Å². The van der Waals surface area contributed by atoms with Gasteiger partial charge in [-0.3, -0.25) is 15.0 Å². The van der Waals surface area contributed by atoms with Crippen molar-refractivity contribution in [1.82, 2.24) is 4.90 Å². The second-order valence-corrected chi connectivity index (χ2v) is 6.42. The van der Waals surface area contributed by atoms with Crippen molar-refractivity contribution in [2.24, 2.45) is 0 Å². The van der Waals surface area contributed by atoms with Gasteiger partial charge in [0.2, 0.25) is 0 Å². The zero-order chi connectivity index (χ0) is 14.9. The minimum Gasteiger partial charge on any atom is -0.368 e. The van der Waals surface area contributed by atoms with Gasteiger partial charge in [0.25, 0.3) is 5.69 Å². The molecular weight excluding hydrogens is 322 g/mol. The predicted molar refractivity (Wildman–Crippen MR) is 84.6 cm³/mol. The summed E-state index contributed by atoms with van der Waals surface area (Å²) in [7, 11) is 2.14. The van der Waals surface area contributed by atoms with Gasteiger partial charge in [0.1, 0.15) is 0 Å². The number of alkyl halides is 1. The van der Waals surface area contributed by atoms with Crippen molar-refractivity contribution in [3.05, 3.63) is 33.9 Å². The van der Waals surface area contributed by atoms with E-state index in [4.69, 9.17) is 0 Å². The van der Waals surface area contributed by atoms with E-state index in [9.17, 15) is 10.1 Å². The van der Waals surface area contributed by atoms with Gasteiger partial charge in [-0.05, 0) is 33.0 Å². The summed E-state index contributed by atoms with van der Waals surface area (Å²) < 4.78 is 0. The number of hydrogen-bond donors (Lipinski definition) is 0. The van der Waals surface area contributed by atoms with Crippen LogP contribution in [0.5, 0.6) is 0 Å². The monoisotopic (exact) mass is 341 g/mol. The van der Waals surface area contributed by atoms with Gasteiger partial charge in [-0.1, -0.05) is 15.9 Å². The number of hydrogen-bond acceptors (Lipinski definition) is 4. The predicted octanol–water partition coefficient (Wildman–Crippen LogP) is 3.02. The number of halogens is 1. The lowest BCUT2D eigenvalue weighted by atomic mass is 9.99. The molecule has 20 heavy (non-hydrogen) atoms. The fourth-order valence-electron chi connectivity index (χ4n) is 2.51. The molecule has 1 aliphatic rings. The smallest absolute Gasteiger partial charge is 0.273 e. The van der Waals surface area contributed by atoms with E-state index in [0.29, 0.717) is 5.33 Å². The van der Waals surface area contributed by atoms with E-state index in [2.05, 4.69) is 46.6 Å². The normalized spacial score (nSPS) is 19.1. The van der Waals surface area contributed by atoms with Crippen LogP contribution in [0, 0.1) is 10.1 Å². The van der Waals surface area contributed by atoms with Gasteiger partial charge in [0.15, 0.2) is 0 Å². The van der Waals surface area contributed by atoms with E-state index in [-0.39, 0.29) is 16.1 Å². The lowest BCUT2D eigenvalue weighted by Crippen LogP contribution is -2.57. The van der Waals surface area contributed by atoms with E-state index in [0.717, 1.165) is 30.9 Å². The number of piperazine rings is 1. The maximum absolute atomic E-state index is 11.0. The van der Waals surface area contributed by atoms with Gasteiger partial charge >= 0.3 is 0 Å². The van der Waals surface area contributed by atoms with Crippen LogP contribution in [0.25, 0.3) is 0 Å². The Bertz CT molecular complexity index is 519. The first-order valence-electron chi connectivity index (χ1n) is 6.64. The van der Waals surface area contributed by atoms with Crippen LogP contribution in [0.3, 0.4) is 0 Å². The van der Waals surface area contributed by atoms with Gasteiger partial charge < -0.3 is 4.90 Å². The van der Waals surface area contributed by atoms with Gasteiger partial charge in [0, 0.05) is 47.8 Å². The number of anilines is 1. The molecule has 0 unspecified atom stereocenters. The van der Waals surface area contributed by atoms with E-state index in [1.807, 2.05) is 12.1 Å². The van der Waals surface area contributed by atoms with Crippen molar-refractivity contribution in [3.63, 3.8) is 0 Å². The molecule has 1 aromatic rings. The summed E-state index contributed by atoms with van der Waals surface area (Å²) >= 11 is 3.34. The minimum atomic E-state index is -0.325. The van der Waals surface area contributed by atoms with Crippen LogP contribution >= 0.6 is 15.9 Å². The average molecular weight is 342 g/mol. The highest BCUT2D eigenvalue weighted by Gasteiger charge is 2.31. The summed E-state index contributed by atoms with van der Waals surface area (Å²) in [6.45, 7) is 7.29. The van der Waals surface area contributed by atoms with Crippen molar-refractivity contribution in [2.45, 2.75) is 24.7 Å². The fraction of sp³-hybridized carbons (Fsp3) is 0.571. The summed E-state index contributed by atoms with van der Waals surface area (Å²) in [6.07, 6.45) is 0. The fourth-order valence-corrected chi connectivity index (χ4v) is 2.96. The van der Waals surface area contributed by atoms with Crippen LogP contribution in [-0.2, 0) is 5.33 Å². The van der Waals surface area contributed by atoms with Crippen LogP contribution in [0.15, 0.2) is 18.2 Å². The van der Waals surface area contributed by atoms with Crippen molar-refractivity contribution < 1.29 is 4.92 Å². The number of likely N-dealkylation sites (N-methyl/N-ethyl adjacent to an activating group) is 1. The number of rotatable bonds is 3. The minimum absolute atomic E-state index is 0.106. The lowest BCUT2D eigenvalue weighted by Gasteiger charge is -2.46. The number of nitro benzene ring substituents is 1. The molecule has 0 bridgehead atoms. The summed E-state index contributed by atoms with van der Waals surface area (Å²) in [5.74, 6) is 0. The second kappa shape index (κ2) is 5.69. The van der Waals surface area contributed by atoms with Crippen LogP contribution in [0.2, 0.25) is 0 Å². The Morgan fingerprint density at radius 2 is 2.10 bits per heavy atom. The van der Waals surface area contributed by atoms with Gasteiger partial charge in [-0.15, -0.1) is 0 Å². The maximum Gasteiger partial charge on any atom is 0.273 e. The molecule has 0 radical (unpaired) electrons. The summed E-state index contributed by atoms with van der Waals surface area (Å²) in [6, 6.07) is 5.39. The first kappa shape index (κ1) is 15.3. The first-order valence-corrected chi connectivity index (χ1v) is 7.77. The van der Waals surface area contributed by atoms with Crippen molar-refractivity contribution in [2.75, 3.05) is 31.6 Å². The highest BCUT2D eigenvalue weighted by molar-refractivity contribution is 9.08. The molecule has 1 saturated heterocycles. The van der Waals surface area contributed by atoms with Gasteiger partial charge in [-0.25, -0.2) is 0 Å². The molecule has 0 saturated carbocycles. The van der Waals surface area contributed by atoms with Crippen LogP contribution in [0.4, 0.5) is 11.4 Å². The first-order chi connectivity index (χ1) is 9.35. The summed E-state index contributed by atoms with van der Waals surface area (Å²) in [5.41, 5.74) is 2.07. The van der Waals surface area contributed by atoms with Crippen molar-refractivity contribution in [1.29, 1.82) is 0 Å². The highest BCUT2D eigenvalue weighted by atomic mass is 79.9. The Morgan fingerprint density at radius 1 is 1.40 bits per heavy atom.